The van der Waals surface area contributed by atoms with Crippen molar-refractivity contribution in [3.8, 4) is 0 Å². The predicted molar refractivity (Wildman–Crippen MR) is 167 cm³/mol. The summed E-state index contributed by atoms with van der Waals surface area (Å²) < 4.78 is 32.9. The van der Waals surface area contributed by atoms with Crippen LogP contribution in [0.25, 0.3) is 0 Å². The first kappa shape index (κ1) is 31.1. The lowest BCUT2D eigenvalue weighted by atomic mass is 10.0. The molecular formula is C33H38F2N6O3. The standard InChI is InChI=1S/C33H38F2N6O3/c1-41-10-6-25(7-11-41)39-32(42)22-3-4-27(30(18-22)38-26-8-12-44-13-9-26)33(43)40-31(37)28-17-20(2-5-29(28)36)14-21-15-23(34)19-24(35)16-21/h2-5,15-19,25-26,38H,6-14,36H2,1H3,(H,39,42)(H2,37,40,43). The molecule has 9 nitrogen and oxygen atoms in total. The Bertz CT molecular complexity index is 1530. The number of ether oxygens (including phenoxy) is 1. The van der Waals surface area contributed by atoms with Gasteiger partial charge in [-0.15, -0.1) is 0 Å². The normalized spacial score (nSPS) is 16.9. The van der Waals surface area contributed by atoms with Crippen molar-refractivity contribution >= 4 is 29.0 Å². The number of carbonyl (C=O) groups is 2. The van der Waals surface area contributed by atoms with E-state index in [0.717, 1.165) is 44.8 Å². The number of rotatable bonds is 8. The van der Waals surface area contributed by atoms with E-state index in [1.54, 1.807) is 36.4 Å². The van der Waals surface area contributed by atoms with Gasteiger partial charge in [-0.3, -0.25) is 9.59 Å². The summed E-state index contributed by atoms with van der Waals surface area (Å²) in [5, 5.41) is 6.54. The molecule has 2 fully saturated rings. The van der Waals surface area contributed by atoms with Crippen LogP contribution >= 0.6 is 0 Å². The predicted octanol–water partition coefficient (Wildman–Crippen LogP) is 4.10. The summed E-state index contributed by atoms with van der Waals surface area (Å²) in [7, 11) is 2.07. The van der Waals surface area contributed by atoms with E-state index in [1.807, 2.05) is 0 Å². The number of nitrogens with zero attached hydrogens (tertiary/aromatic N) is 2. The molecule has 11 heteroatoms. The number of hydrogen-bond acceptors (Lipinski definition) is 6. The van der Waals surface area contributed by atoms with E-state index >= 15 is 0 Å². The number of aliphatic imine (C=N–C) groups is 1. The minimum atomic E-state index is -0.669. The minimum Gasteiger partial charge on any atom is -0.398 e. The second-order valence-corrected chi connectivity index (χ2v) is 11.5. The number of benzene rings is 3. The number of nitrogens with one attached hydrogen (secondary N) is 2. The second-order valence-electron chi connectivity index (χ2n) is 11.5. The van der Waals surface area contributed by atoms with Crippen LogP contribution in [0.2, 0.25) is 0 Å². The molecule has 3 aromatic carbocycles. The van der Waals surface area contributed by atoms with Gasteiger partial charge in [-0.1, -0.05) is 6.07 Å². The van der Waals surface area contributed by atoms with Crippen LogP contribution in [-0.2, 0) is 11.2 Å². The van der Waals surface area contributed by atoms with Crippen LogP contribution in [0, 0.1) is 11.6 Å². The van der Waals surface area contributed by atoms with Gasteiger partial charge >= 0.3 is 0 Å². The van der Waals surface area contributed by atoms with Crippen LogP contribution in [0.4, 0.5) is 20.2 Å². The van der Waals surface area contributed by atoms with Crippen LogP contribution in [0.15, 0.2) is 59.6 Å². The molecule has 5 rings (SSSR count). The summed E-state index contributed by atoms with van der Waals surface area (Å²) in [5.74, 6) is -2.23. The molecule has 2 heterocycles. The number of nitrogens with two attached hydrogens (primary N) is 2. The summed E-state index contributed by atoms with van der Waals surface area (Å²) >= 11 is 0. The molecule has 0 aromatic heterocycles. The number of piperidine rings is 1. The van der Waals surface area contributed by atoms with Gasteiger partial charge < -0.3 is 31.7 Å². The number of nitrogen functional groups attached to an aromatic ring is 1. The molecule has 2 saturated heterocycles. The Morgan fingerprint density at radius 1 is 0.909 bits per heavy atom. The lowest BCUT2D eigenvalue weighted by molar-refractivity contribution is 0.0901. The maximum atomic E-state index is 13.7. The van der Waals surface area contributed by atoms with Crippen LogP contribution in [0.5, 0.6) is 0 Å². The molecule has 0 bridgehead atoms. The van der Waals surface area contributed by atoms with Crippen LogP contribution in [0.3, 0.4) is 0 Å². The topological polar surface area (TPSA) is 135 Å². The quantitative estimate of drug-likeness (QED) is 0.173. The molecular weight excluding hydrogens is 566 g/mol. The van der Waals surface area contributed by atoms with Crippen molar-refractivity contribution in [2.45, 2.75) is 44.2 Å². The van der Waals surface area contributed by atoms with Crippen molar-refractivity contribution in [1.82, 2.24) is 10.2 Å². The zero-order valence-electron chi connectivity index (χ0n) is 24.7. The number of amidine groups is 1. The third kappa shape index (κ3) is 7.97. The average Bonchev–Trinajstić information content (AvgIpc) is 2.99. The molecule has 0 atom stereocenters. The third-order valence-electron chi connectivity index (χ3n) is 8.09. The summed E-state index contributed by atoms with van der Waals surface area (Å²) in [5.41, 5.74) is 15.4. The fourth-order valence-corrected chi connectivity index (χ4v) is 5.59. The number of carbonyl (C=O) groups excluding carboxylic acids is 2. The van der Waals surface area contributed by atoms with Crippen LogP contribution < -0.4 is 22.1 Å². The first-order chi connectivity index (χ1) is 21.1. The Kier molecular flexibility index (Phi) is 9.86. The molecule has 0 saturated carbocycles. The molecule has 0 unspecified atom stereocenters. The zero-order valence-corrected chi connectivity index (χ0v) is 24.7. The van der Waals surface area contributed by atoms with Crippen LogP contribution in [-0.4, -0.2) is 68.0 Å². The number of hydrogen-bond donors (Lipinski definition) is 4. The molecule has 6 N–H and O–H groups in total. The molecule has 3 aromatic rings. The lowest BCUT2D eigenvalue weighted by Crippen LogP contribution is -2.43. The first-order valence-electron chi connectivity index (χ1n) is 14.8. The van der Waals surface area contributed by atoms with E-state index < -0.39 is 17.5 Å². The Hall–Kier alpha value is -4.35. The molecule has 0 aliphatic carbocycles. The van der Waals surface area contributed by atoms with Crippen LogP contribution in [0.1, 0.15) is 63.1 Å². The van der Waals surface area contributed by atoms with Gasteiger partial charge in [-0.05, 0) is 106 Å². The molecule has 0 spiro atoms. The van der Waals surface area contributed by atoms with Gasteiger partial charge in [0.25, 0.3) is 11.8 Å². The Morgan fingerprint density at radius 2 is 1.61 bits per heavy atom. The highest BCUT2D eigenvalue weighted by Gasteiger charge is 2.23. The van der Waals surface area contributed by atoms with Crippen molar-refractivity contribution in [3.63, 3.8) is 0 Å². The molecule has 2 aliphatic rings. The number of likely N-dealkylation sites (tertiary alicyclic amines) is 1. The highest BCUT2D eigenvalue weighted by molar-refractivity contribution is 6.13. The van der Waals surface area contributed by atoms with Gasteiger partial charge in [-0.2, -0.15) is 4.99 Å². The molecule has 232 valence electrons. The van der Waals surface area contributed by atoms with Crippen molar-refractivity contribution < 1.29 is 23.1 Å². The van der Waals surface area contributed by atoms with Crippen molar-refractivity contribution in [2.75, 3.05) is 44.4 Å². The molecule has 0 radical (unpaired) electrons. The SMILES string of the molecule is CN1CCC(NC(=O)c2ccc(C(=O)N=C(N)c3cc(Cc4cc(F)cc(F)c4)ccc3N)c(NC3CCOCC3)c2)CC1. The Balaban J connectivity index is 1.38. The summed E-state index contributed by atoms with van der Waals surface area (Å²) in [4.78, 5) is 33.1. The lowest BCUT2D eigenvalue weighted by Gasteiger charge is -2.29. The maximum absolute atomic E-state index is 13.7. The third-order valence-corrected chi connectivity index (χ3v) is 8.09. The smallest absolute Gasteiger partial charge is 0.281 e. The molecule has 2 amide bonds. The summed E-state index contributed by atoms with van der Waals surface area (Å²) in [6, 6.07) is 13.4. The highest BCUT2D eigenvalue weighted by atomic mass is 19.1. The first-order valence-corrected chi connectivity index (χ1v) is 14.8. The Labute approximate surface area is 255 Å². The van der Waals surface area contributed by atoms with Crippen molar-refractivity contribution in [2.24, 2.45) is 10.7 Å². The number of amides is 2. The van der Waals surface area contributed by atoms with Gasteiger partial charge in [0.1, 0.15) is 17.5 Å². The average molecular weight is 605 g/mol. The van der Waals surface area contributed by atoms with Gasteiger partial charge in [0.15, 0.2) is 0 Å². The molecule has 2 aliphatic heterocycles. The largest absolute Gasteiger partial charge is 0.398 e. The fraction of sp³-hybridized carbons (Fsp3) is 0.364. The number of halogens is 2. The summed E-state index contributed by atoms with van der Waals surface area (Å²) in [6.07, 6.45) is 3.49. The van der Waals surface area contributed by atoms with Gasteiger partial charge in [0.2, 0.25) is 0 Å². The minimum absolute atomic E-state index is 0.0591. The maximum Gasteiger partial charge on any atom is 0.281 e. The summed E-state index contributed by atoms with van der Waals surface area (Å²) in [6.45, 7) is 3.04. The highest BCUT2D eigenvalue weighted by Crippen LogP contribution is 2.24. The Morgan fingerprint density at radius 3 is 2.32 bits per heavy atom. The second kappa shape index (κ2) is 14.0. The monoisotopic (exact) mass is 604 g/mol. The van der Waals surface area contributed by atoms with E-state index in [4.69, 9.17) is 16.2 Å². The van der Waals surface area contributed by atoms with E-state index in [9.17, 15) is 18.4 Å². The van der Waals surface area contributed by atoms with E-state index in [1.165, 1.54) is 12.1 Å². The zero-order chi connectivity index (χ0) is 31.2. The number of anilines is 2. The van der Waals surface area contributed by atoms with E-state index in [-0.39, 0.29) is 35.8 Å². The van der Waals surface area contributed by atoms with Crippen molar-refractivity contribution in [3.05, 3.63) is 94.0 Å². The van der Waals surface area contributed by atoms with Crippen molar-refractivity contribution in [1.29, 1.82) is 0 Å². The van der Waals surface area contributed by atoms with E-state index in [0.29, 0.717) is 46.8 Å². The van der Waals surface area contributed by atoms with E-state index in [2.05, 4.69) is 27.6 Å². The van der Waals surface area contributed by atoms with Gasteiger partial charge in [0.05, 0.1) is 5.56 Å². The van der Waals surface area contributed by atoms with Gasteiger partial charge in [-0.25, -0.2) is 8.78 Å². The fourth-order valence-electron chi connectivity index (χ4n) is 5.59. The molecule has 44 heavy (non-hydrogen) atoms. The van der Waals surface area contributed by atoms with Gasteiger partial charge in [0, 0.05) is 53.9 Å².